The number of carbonyl (C=O) groups is 1. The van der Waals surface area contributed by atoms with Gasteiger partial charge in [-0.25, -0.2) is 0 Å². The quantitative estimate of drug-likeness (QED) is 0.0420. The molecular weight excluding hydrogens is 819 g/mol. The molecule has 0 aliphatic heterocycles. The van der Waals surface area contributed by atoms with Crippen LogP contribution in [-0.2, 0) is 4.79 Å². The van der Waals surface area contributed by atoms with E-state index in [4.69, 9.17) is 0 Å². The average molecular weight is 941 g/mol. The maximum Gasteiger partial charge on any atom is 0.220 e. The minimum Gasteiger partial charge on any atom is -0.394 e. The molecule has 4 heteroatoms. The number of carbonyl (C=O) groups excluding carboxylic acids is 1. The molecule has 0 aliphatic carbocycles. The monoisotopic (exact) mass is 940 g/mol. The van der Waals surface area contributed by atoms with Crippen LogP contribution in [0, 0.1) is 0 Å². The van der Waals surface area contributed by atoms with Crippen LogP contribution in [0.5, 0.6) is 0 Å². The molecule has 67 heavy (non-hydrogen) atoms. The number of aliphatic hydroxyl groups excluding tert-OH is 2. The zero-order valence-electron chi connectivity index (χ0n) is 45.7. The van der Waals surface area contributed by atoms with Crippen molar-refractivity contribution in [3.05, 3.63) is 36.5 Å². The molecule has 0 spiro atoms. The normalized spacial score (nSPS) is 13.0. The Kier molecular flexibility index (Phi) is 57.7. The molecule has 2 atom stereocenters. The fraction of sp³-hybridized carbons (Fsp3) is 0.889. The lowest BCUT2D eigenvalue weighted by Crippen LogP contribution is -2.45. The van der Waals surface area contributed by atoms with Crippen LogP contribution in [0.25, 0.3) is 0 Å². The van der Waals surface area contributed by atoms with Gasteiger partial charge in [-0.3, -0.25) is 4.79 Å². The van der Waals surface area contributed by atoms with Gasteiger partial charge in [-0.2, -0.15) is 0 Å². The van der Waals surface area contributed by atoms with E-state index in [9.17, 15) is 15.0 Å². The highest BCUT2D eigenvalue weighted by atomic mass is 16.3. The van der Waals surface area contributed by atoms with Gasteiger partial charge in [-0.15, -0.1) is 0 Å². The topological polar surface area (TPSA) is 69.6 Å². The summed E-state index contributed by atoms with van der Waals surface area (Å²) in [4.78, 5) is 12.5. The van der Waals surface area contributed by atoms with Crippen LogP contribution in [0.2, 0.25) is 0 Å². The Morgan fingerprint density at radius 3 is 0.896 bits per heavy atom. The smallest absolute Gasteiger partial charge is 0.220 e. The summed E-state index contributed by atoms with van der Waals surface area (Å²) in [5.41, 5.74) is 0. The molecule has 0 heterocycles. The highest BCUT2D eigenvalue weighted by Crippen LogP contribution is 2.18. The molecular formula is C63H121NO3. The maximum absolute atomic E-state index is 12.5. The van der Waals surface area contributed by atoms with E-state index in [0.29, 0.717) is 6.42 Å². The second-order valence-electron chi connectivity index (χ2n) is 21.1. The number of rotatable bonds is 57. The standard InChI is InChI=1S/C63H121NO3/c1-3-5-7-9-11-13-15-17-19-21-23-24-25-26-27-28-29-30-31-32-33-34-35-36-37-38-39-40-41-43-45-47-49-51-53-55-57-59-63(67)64-61(60-65)62(66)58-56-54-52-50-48-46-44-42-22-20-18-16-14-12-10-8-6-4-2/h27-28,30-31,56,58,61-62,65-66H,3-26,29,32-55,57,59-60H2,1-2H3,(H,64,67)/b28-27-,31-30-,58-56+. The molecule has 0 radical (unpaired) electrons. The number of aliphatic hydroxyl groups is 2. The van der Waals surface area contributed by atoms with Gasteiger partial charge in [-0.1, -0.05) is 320 Å². The van der Waals surface area contributed by atoms with Crippen LogP contribution in [0.3, 0.4) is 0 Å². The summed E-state index contributed by atoms with van der Waals surface area (Å²) >= 11 is 0. The predicted octanol–water partition coefficient (Wildman–Crippen LogP) is 20.4. The zero-order valence-corrected chi connectivity index (χ0v) is 45.7. The summed E-state index contributed by atoms with van der Waals surface area (Å²) in [6.07, 6.45) is 80.5. The summed E-state index contributed by atoms with van der Waals surface area (Å²) in [5.74, 6) is -0.0588. The van der Waals surface area contributed by atoms with E-state index in [2.05, 4.69) is 43.5 Å². The second-order valence-corrected chi connectivity index (χ2v) is 21.1. The molecule has 1 amide bonds. The van der Waals surface area contributed by atoms with Crippen LogP contribution in [0.4, 0.5) is 0 Å². The Balaban J connectivity index is 3.43. The van der Waals surface area contributed by atoms with Crippen molar-refractivity contribution in [2.24, 2.45) is 0 Å². The number of hydrogen-bond acceptors (Lipinski definition) is 3. The van der Waals surface area contributed by atoms with Crippen molar-refractivity contribution in [1.82, 2.24) is 5.32 Å². The third kappa shape index (κ3) is 55.4. The molecule has 4 nitrogen and oxygen atoms in total. The van der Waals surface area contributed by atoms with Crippen molar-refractivity contribution in [1.29, 1.82) is 0 Å². The second kappa shape index (κ2) is 58.9. The number of hydrogen-bond donors (Lipinski definition) is 3. The van der Waals surface area contributed by atoms with Gasteiger partial charge in [0.1, 0.15) is 0 Å². The van der Waals surface area contributed by atoms with Crippen LogP contribution in [-0.4, -0.2) is 34.9 Å². The maximum atomic E-state index is 12.5. The van der Waals surface area contributed by atoms with Crippen LogP contribution >= 0.6 is 0 Å². The zero-order chi connectivity index (χ0) is 48.5. The Morgan fingerprint density at radius 2 is 0.612 bits per heavy atom. The van der Waals surface area contributed by atoms with E-state index in [1.54, 1.807) is 6.08 Å². The number of amides is 1. The van der Waals surface area contributed by atoms with Gasteiger partial charge < -0.3 is 15.5 Å². The van der Waals surface area contributed by atoms with E-state index in [1.165, 1.54) is 289 Å². The first-order valence-electron chi connectivity index (χ1n) is 30.7. The lowest BCUT2D eigenvalue weighted by Gasteiger charge is -2.20. The molecule has 0 aliphatic rings. The molecule has 3 N–H and O–H groups in total. The molecule has 0 aromatic rings. The Bertz CT molecular complexity index is 1020. The number of allylic oxidation sites excluding steroid dienone is 5. The first-order chi connectivity index (χ1) is 33.2. The summed E-state index contributed by atoms with van der Waals surface area (Å²) in [5, 5.41) is 23.2. The minimum atomic E-state index is -0.838. The third-order valence-corrected chi connectivity index (χ3v) is 14.4. The van der Waals surface area contributed by atoms with Crippen molar-refractivity contribution in [2.45, 2.75) is 353 Å². The molecule has 0 aromatic carbocycles. The molecule has 0 bridgehead atoms. The lowest BCUT2D eigenvalue weighted by atomic mass is 10.0. The summed E-state index contributed by atoms with van der Waals surface area (Å²) in [7, 11) is 0. The first kappa shape index (κ1) is 65.6. The number of unbranched alkanes of at least 4 members (excludes halogenated alkanes) is 46. The van der Waals surface area contributed by atoms with E-state index in [1.807, 2.05) is 6.08 Å². The first-order valence-corrected chi connectivity index (χ1v) is 30.7. The largest absolute Gasteiger partial charge is 0.394 e. The molecule has 0 aromatic heterocycles. The van der Waals surface area contributed by atoms with Gasteiger partial charge in [0.05, 0.1) is 18.8 Å². The minimum absolute atomic E-state index is 0.0588. The van der Waals surface area contributed by atoms with Gasteiger partial charge in [0.15, 0.2) is 0 Å². The van der Waals surface area contributed by atoms with Gasteiger partial charge in [0, 0.05) is 6.42 Å². The van der Waals surface area contributed by atoms with Crippen molar-refractivity contribution in [3.8, 4) is 0 Å². The van der Waals surface area contributed by atoms with Gasteiger partial charge in [0.2, 0.25) is 5.91 Å². The molecule has 2 unspecified atom stereocenters. The highest BCUT2D eigenvalue weighted by Gasteiger charge is 2.18. The summed E-state index contributed by atoms with van der Waals surface area (Å²) < 4.78 is 0. The lowest BCUT2D eigenvalue weighted by molar-refractivity contribution is -0.123. The van der Waals surface area contributed by atoms with Gasteiger partial charge >= 0.3 is 0 Å². The van der Waals surface area contributed by atoms with E-state index < -0.39 is 12.1 Å². The van der Waals surface area contributed by atoms with Crippen molar-refractivity contribution in [2.75, 3.05) is 6.61 Å². The van der Waals surface area contributed by atoms with Crippen molar-refractivity contribution >= 4 is 5.91 Å². The highest BCUT2D eigenvalue weighted by molar-refractivity contribution is 5.76. The van der Waals surface area contributed by atoms with Crippen LogP contribution in [0.15, 0.2) is 36.5 Å². The van der Waals surface area contributed by atoms with Crippen LogP contribution < -0.4 is 5.32 Å². The Morgan fingerprint density at radius 1 is 0.358 bits per heavy atom. The molecule has 0 fully saturated rings. The van der Waals surface area contributed by atoms with E-state index in [0.717, 1.165) is 32.1 Å². The SMILES string of the molecule is CCCCCCCCCCCCCCC/C=C\C/C=C\CCCCCCCCCCCCCCCCCCCC(=O)NC(CO)C(O)/C=C/CCCCCCCCCCCCCCCCCC. The molecule has 396 valence electrons. The van der Waals surface area contributed by atoms with Crippen molar-refractivity contribution < 1.29 is 15.0 Å². The molecule has 0 saturated carbocycles. The molecule has 0 rings (SSSR count). The Hall–Kier alpha value is -1.39. The fourth-order valence-corrected chi connectivity index (χ4v) is 9.68. The summed E-state index contributed by atoms with van der Waals surface area (Å²) in [6, 6.07) is -0.621. The van der Waals surface area contributed by atoms with Crippen molar-refractivity contribution in [3.63, 3.8) is 0 Å². The van der Waals surface area contributed by atoms with Crippen LogP contribution in [0.1, 0.15) is 341 Å². The predicted molar refractivity (Wildman–Crippen MR) is 299 cm³/mol. The van der Waals surface area contributed by atoms with Gasteiger partial charge in [-0.05, 0) is 51.4 Å². The number of nitrogens with one attached hydrogen (secondary N) is 1. The van der Waals surface area contributed by atoms with E-state index >= 15 is 0 Å². The third-order valence-electron chi connectivity index (χ3n) is 14.4. The van der Waals surface area contributed by atoms with Gasteiger partial charge in [0.25, 0.3) is 0 Å². The fourth-order valence-electron chi connectivity index (χ4n) is 9.68. The van der Waals surface area contributed by atoms with E-state index in [-0.39, 0.29) is 12.5 Å². The summed E-state index contributed by atoms with van der Waals surface area (Å²) in [6.45, 7) is 4.34. The average Bonchev–Trinajstić information content (AvgIpc) is 3.33. The molecule has 0 saturated heterocycles. The Labute approximate surface area is 421 Å².